The molecular formula is C23H14Cl2N4O4. The van der Waals surface area contributed by atoms with E-state index in [9.17, 15) is 19.8 Å². The number of aromatic nitrogens is 4. The van der Waals surface area contributed by atoms with Crippen molar-refractivity contribution in [3.63, 3.8) is 0 Å². The summed E-state index contributed by atoms with van der Waals surface area (Å²) in [6.07, 6.45) is 2.93. The van der Waals surface area contributed by atoms with Gasteiger partial charge in [0.05, 0.1) is 27.8 Å². The van der Waals surface area contributed by atoms with Crippen LogP contribution in [-0.4, -0.2) is 30.1 Å². The van der Waals surface area contributed by atoms with Crippen molar-refractivity contribution in [3.8, 4) is 11.5 Å². The first-order chi connectivity index (χ1) is 15.9. The molecule has 0 fully saturated rings. The highest BCUT2D eigenvalue weighted by Gasteiger charge is 2.33. The Morgan fingerprint density at radius 3 is 1.61 bits per heavy atom. The summed E-state index contributed by atoms with van der Waals surface area (Å²) < 4.78 is 0. The number of halogens is 2. The van der Waals surface area contributed by atoms with Gasteiger partial charge in [-0.25, -0.2) is 9.97 Å². The minimum absolute atomic E-state index is 0.141. The molecule has 4 aromatic heterocycles. The molecular weight excluding hydrogens is 467 g/mol. The molecule has 0 amide bonds. The maximum absolute atomic E-state index is 13.2. The average Bonchev–Trinajstić information content (AvgIpc) is 2.78. The van der Waals surface area contributed by atoms with Crippen LogP contribution in [0.5, 0.6) is 11.5 Å². The van der Waals surface area contributed by atoms with E-state index >= 15 is 0 Å². The number of hydrogen-bond donors (Lipinski definition) is 4. The minimum Gasteiger partial charge on any atom is -0.507 e. The van der Waals surface area contributed by atoms with Crippen molar-refractivity contribution in [1.82, 2.24) is 19.9 Å². The van der Waals surface area contributed by atoms with Crippen LogP contribution in [0, 0.1) is 0 Å². The zero-order chi connectivity index (χ0) is 23.3. The molecule has 5 aromatic rings. The predicted octanol–water partition coefficient (Wildman–Crippen LogP) is 4.06. The molecule has 4 heterocycles. The molecule has 8 nitrogen and oxygen atoms in total. The SMILES string of the molecule is O=c1[nH]c2ncccc2c(O)c1C(c1c(Cl)cccc1Cl)c1c(O)c2cccnc2[nH]c1=O. The molecule has 0 atom stereocenters. The molecule has 0 aliphatic heterocycles. The number of nitrogens with one attached hydrogen (secondary N) is 2. The third-order valence-electron chi connectivity index (χ3n) is 5.45. The van der Waals surface area contributed by atoms with Gasteiger partial charge in [-0.2, -0.15) is 0 Å². The summed E-state index contributed by atoms with van der Waals surface area (Å²) in [6.45, 7) is 0. The van der Waals surface area contributed by atoms with Crippen molar-refractivity contribution in [2.24, 2.45) is 0 Å². The van der Waals surface area contributed by atoms with Gasteiger partial charge in [0.1, 0.15) is 22.8 Å². The third kappa shape index (κ3) is 3.31. The zero-order valence-electron chi connectivity index (χ0n) is 16.6. The fraction of sp³-hybridized carbons (Fsp3) is 0.0435. The van der Waals surface area contributed by atoms with Crippen molar-refractivity contribution in [3.05, 3.63) is 102 Å². The van der Waals surface area contributed by atoms with Crippen molar-refractivity contribution >= 4 is 45.3 Å². The van der Waals surface area contributed by atoms with Gasteiger partial charge in [0, 0.05) is 28.0 Å². The van der Waals surface area contributed by atoms with Crippen LogP contribution < -0.4 is 11.1 Å². The van der Waals surface area contributed by atoms with Crippen LogP contribution in [0.15, 0.2) is 64.4 Å². The highest BCUT2D eigenvalue weighted by atomic mass is 35.5. The van der Waals surface area contributed by atoms with Crippen molar-refractivity contribution in [1.29, 1.82) is 0 Å². The van der Waals surface area contributed by atoms with Gasteiger partial charge in [0.25, 0.3) is 11.1 Å². The predicted molar refractivity (Wildman–Crippen MR) is 125 cm³/mol. The molecule has 0 unspecified atom stereocenters. The number of hydrogen-bond acceptors (Lipinski definition) is 6. The van der Waals surface area contributed by atoms with Gasteiger partial charge in [-0.1, -0.05) is 29.3 Å². The minimum atomic E-state index is -1.31. The van der Waals surface area contributed by atoms with Crippen LogP contribution in [-0.2, 0) is 0 Å². The van der Waals surface area contributed by atoms with Gasteiger partial charge >= 0.3 is 0 Å². The highest BCUT2D eigenvalue weighted by Crippen LogP contribution is 2.45. The lowest BCUT2D eigenvalue weighted by Gasteiger charge is -2.22. The second-order valence-electron chi connectivity index (χ2n) is 7.30. The number of fused-ring (bicyclic) bond motifs is 2. The summed E-state index contributed by atoms with van der Waals surface area (Å²) in [4.78, 5) is 39.8. The average molecular weight is 481 g/mol. The Morgan fingerprint density at radius 1 is 0.697 bits per heavy atom. The largest absolute Gasteiger partial charge is 0.507 e. The molecule has 1 aromatic carbocycles. The first-order valence-corrected chi connectivity index (χ1v) is 10.5. The Labute approximate surface area is 195 Å². The summed E-state index contributed by atoms with van der Waals surface area (Å²) in [5.41, 5.74) is -1.37. The van der Waals surface area contributed by atoms with Gasteiger partial charge < -0.3 is 20.2 Å². The molecule has 0 bridgehead atoms. The quantitative estimate of drug-likeness (QED) is 0.307. The van der Waals surface area contributed by atoms with Gasteiger partial charge in [0.15, 0.2) is 0 Å². The monoisotopic (exact) mass is 480 g/mol. The lowest BCUT2D eigenvalue weighted by Crippen LogP contribution is -2.25. The summed E-state index contributed by atoms with van der Waals surface area (Å²) in [7, 11) is 0. The zero-order valence-corrected chi connectivity index (χ0v) is 18.1. The molecule has 0 aliphatic carbocycles. The summed E-state index contributed by atoms with van der Waals surface area (Å²) in [5, 5.41) is 23.1. The Morgan fingerprint density at radius 2 is 1.15 bits per heavy atom. The number of rotatable bonds is 3. The van der Waals surface area contributed by atoms with E-state index in [-0.39, 0.29) is 48.8 Å². The third-order valence-corrected chi connectivity index (χ3v) is 6.11. The van der Waals surface area contributed by atoms with Crippen LogP contribution in [0.25, 0.3) is 22.1 Å². The van der Waals surface area contributed by atoms with Crippen LogP contribution in [0.4, 0.5) is 0 Å². The maximum atomic E-state index is 13.2. The summed E-state index contributed by atoms with van der Waals surface area (Å²) in [6, 6.07) is 11.0. The number of aromatic hydroxyl groups is 2. The van der Waals surface area contributed by atoms with Crippen LogP contribution >= 0.6 is 23.2 Å². The molecule has 4 N–H and O–H groups in total. The number of H-pyrrole nitrogens is 2. The Hall–Kier alpha value is -3.88. The number of nitrogens with zero attached hydrogens (tertiary/aromatic N) is 2. The van der Waals surface area contributed by atoms with Crippen LogP contribution in [0.1, 0.15) is 22.6 Å². The lowest BCUT2D eigenvalue weighted by molar-refractivity contribution is 0.462. The van der Waals surface area contributed by atoms with E-state index in [2.05, 4.69) is 19.9 Å². The van der Waals surface area contributed by atoms with Gasteiger partial charge in [-0.05, 0) is 36.4 Å². The first kappa shape index (κ1) is 21.0. The molecule has 164 valence electrons. The number of pyridine rings is 4. The van der Waals surface area contributed by atoms with E-state index in [4.69, 9.17) is 23.2 Å². The second-order valence-corrected chi connectivity index (χ2v) is 8.11. The number of aromatic amines is 2. The van der Waals surface area contributed by atoms with Gasteiger partial charge in [-0.15, -0.1) is 0 Å². The van der Waals surface area contributed by atoms with Gasteiger partial charge in [0.2, 0.25) is 0 Å². The molecule has 10 heteroatoms. The van der Waals surface area contributed by atoms with Crippen LogP contribution in [0.3, 0.4) is 0 Å². The molecule has 0 saturated carbocycles. The van der Waals surface area contributed by atoms with Crippen molar-refractivity contribution in [2.45, 2.75) is 5.92 Å². The lowest BCUT2D eigenvalue weighted by atomic mass is 9.84. The van der Waals surface area contributed by atoms with Crippen molar-refractivity contribution in [2.75, 3.05) is 0 Å². The van der Waals surface area contributed by atoms with E-state index in [1.807, 2.05) is 0 Å². The molecule has 0 spiro atoms. The molecule has 33 heavy (non-hydrogen) atoms. The molecule has 5 rings (SSSR count). The fourth-order valence-electron chi connectivity index (χ4n) is 4.00. The Bertz CT molecular complexity index is 1560. The topological polar surface area (TPSA) is 132 Å². The Kier molecular flexibility index (Phi) is 5.03. The highest BCUT2D eigenvalue weighted by molar-refractivity contribution is 6.36. The van der Waals surface area contributed by atoms with Gasteiger partial charge in [-0.3, -0.25) is 9.59 Å². The van der Waals surface area contributed by atoms with E-state index in [1.54, 1.807) is 30.3 Å². The summed E-state index contributed by atoms with van der Waals surface area (Å²) in [5.74, 6) is -2.13. The standard InChI is InChI=1S/C23H14Cl2N4O4/c24-12-6-1-7-13(25)14(12)15(16-18(30)10-4-2-8-26-20(10)28-22(16)32)17-19(31)11-5-3-9-27-21(11)29-23(17)33/h1-9,15H,(H2,26,28,30,32)(H2,27,29,31,33). The fourth-order valence-corrected chi connectivity index (χ4v) is 4.62. The normalized spacial score (nSPS) is 11.5. The maximum Gasteiger partial charge on any atom is 0.257 e. The molecule has 0 radical (unpaired) electrons. The van der Waals surface area contributed by atoms with E-state index in [0.717, 1.165) is 0 Å². The second kappa shape index (κ2) is 7.91. The first-order valence-electron chi connectivity index (χ1n) is 9.72. The van der Waals surface area contributed by atoms with Crippen LogP contribution in [0.2, 0.25) is 10.0 Å². The number of benzene rings is 1. The molecule has 0 saturated heterocycles. The van der Waals surface area contributed by atoms with E-state index in [0.29, 0.717) is 0 Å². The molecule has 0 aliphatic rings. The smallest absolute Gasteiger partial charge is 0.257 e. The summed E-state index contributed by atoms with van der Waals surface area (Å²) >= 11 is 12.9. The van der Waals surface area contributed by atoms with E-state index in [1.165, 1.54) is 24.5 Å². The van der Waals surface area contributed by atoms with Crippen molar-refractivity contribution < 1.29 is 10.2 Å². The Balaban J connectivity index is 1.96. The van der Waals surface area contributed by atoms with E-state index < -0.39 is 28.5 Å².